The molecule has 0 radical (unpaired) electrons. The topological polar surface area (TPSA) is 87.5 Å². The van der Waals surface area contributed by atoms with E-state index in [2.05, 4.69) is 24.5 Å². The summed E-state index contributed by atoms with van der Waals surface area (Å²) in [5.74, 6) is -0.215. The van der Waals surface area contributed by atoms with E-state index in [1.165, 1.54) is 12.1 Å². The van der Waals surface area contributed by atoms with Gasteiger partial charge in [-0.1, -0.05) is 18.2 Å². The lowest BCUT2D eigenvalue weighted by Gasteiger charge is -2.41. The van der Waals surface area contributed by atoms with Gasteiger partial charge in [-0.2, -0.15) is 0 Å². The Bertz CT molecular complexity index is 819. The van der Waals surface area contributed by atoms with E-state index in [1.54, 1.807) is 12.1 Å². The summed E-state index contributed by atoms with van der Waals surface area (Å²) < 4.78 is 0. The zero-order chi connectivity index (χ0) is 18.0. The van der Waals surface area contributed by atoms with Gasteiger partial charge in [0.2, 0.25) is 5.91 Å². The van der Waals surface area contributed by atoms with Crippen molar-refractivity contribution in [3.05, 3.63) is 58.6 Å². The fourth-order valence-electron chi connectivity index (χ4n) is 3.03. The molecule has 1 amide bonds. The zero-order valence-corrected chi connectivity index (χ0v) is 14.2. The molecule has 1 aliphatic rings. The third-order valence-electron chi connectivity index (χ3n) is 3.98. The summed E-state index contributed by atoms with van der Waals surface area (Å²) in [5, 5.41) is 17.0. The number of para-hydroxylation sites is 2. The number of anilines is 3. The number of hydrogen-bond acceptors (Lipinski definition) is 5. The molecule has 0 saturated carbocycles. The molecule has 0 saturated heterocycles. The highest BCUT2D eigenvalue weighted by Crippen LogP contribution is 2.33. The highest BCUT2D eigenvalue weighted by Gasteiger charge is 2.30. The first-order valence-corrected chi connectivity index (χ1v) is 8.00. The van der Waals surface area contributed by atoms with Crippen molar-refractivity contribution < 1.29 is 9.72 Å². The van der Waals surface area contributed by atoms with Crippen LogP contribution in [0.4, 0.5) is 22.7 Å². The van der Waals surface area contributed by atoms with Gasteiger partial charge in [-0.25, -0.2) is 0 Å². The third-order valence-corrected chi connectivity index (χ3v) is 3.98. The monoisotopic (exact) mass is 340 g/mol. The summed E-state index contributed by atoms with van der Waals surface area (Å²) in [7, 11) is 0. The molecule has 0 aromatic heterocycles. The summed E-state index contributed by atoms with van der Waals surface area (Å²) in [4.78, 5) is 24.8. The quantitative estimate of drug-likeness (QED) is 0.659. The number of benzene rings is 2. The fourth-order valence-corrected chi connectivity index (χ4v) is 3.03. The van der Waals surface area contributed by atoms with Crippen LogP contribution >= 0.6 is 0 Å². The minimum absolute atomic E-state index is 0.0496. The molecule has 7 heteroatoms. The molecule has 0 unspecified atom stereocenters. The van der Waals surface area contributed by atoms with Crippen LogP contribution in [0, 0.1) is 10.1 Å². The van der Waals surface area contributed by atoms with E-state index < -0.39 is 4.92 Å². The lowest BCUT2D eigenvalue weighted by molar-refractivity contribution is -0.384. The Hall–Kier alpha value is -3.09. The number of hydrogen-bond donors (Lipinski definition) is 2. The Balaban J connectivity index is 1.75. The predicted molar refractivity (Wildman–Crippen MR) is 98.1 cm³/mol. The average Bonchev–Trinajstić information content (AvgIpc) is 2.54. The second-order valence-electron chi connectivity index (χ2n) is 6.74. The summed E-state index contributed by atoms with van der Waals surface area (Å²) >= 11 is 0. The molecule has 0 spiro atoms. The van der Waals surface area contributed by atoms with Crippen molar-refractivity contribution in [3.63, 3.8) is 0 Å². The number of nitrogens with one attached hydrogen (secondary N) is 2. The van der Waals surface area contributed by atoms with E-state index in [0.29, 0.717) is 12.2 Å². The van der Waals surface area contributed by atoms with Crippen molar-refractivity contribution in [2.45, 2.75) is 19.4 Å². The van der Waals surface area contributed by atoms with Crippen LogP contribution in [0.1, 0.15) is 13.8 Å². The molecule has 2 aromatic rings. The lowest BCUT2D eigenvalue weighted by Crippen LogP contribution is -2.50. The van der Waals surface area contributed by atoms with Gasteiger partial charge in [-0.15, -0.1) is 0 Å². The molecule has 0 fully saturated rings. The number of nitro benzene ring substituents is 1. The van der Waals surface area contributed by atoms with Crippen LogP contribution in [0.25, 0.3) is 0 Å². The number of carbonyl (C=O) groups is 1. The molecule has 0 bridgehead atoms. The Morgan fingerprint density at radius 2 is 2.04 bits per heavy atom. The van der Waals surface area contributed by atoms with Crippen molar-refractivity contribution in [1.29, 1.82) is 0 Å². The second kappa shape index (κ2) is 6.43. The first-order chi connectivity index (χ1) is 11.8. The van der Waals surface area contributed by atoms with Crippen LogP contribution in [0.2, 0.25) is 0 Å². The summed E-state index contributed by atoms with van der Waals surface area (Å²) in [5.41, 5.74) is 2.16. The number of nitrogens with zero attached hydrogens (tertiary/aromatic N) is 2. The van der Waals surface area contributed by atoms with Gasteiger partial charge in [0.1, 0.15) is 0 Å². The van der Waals surface area contributed by atoms with Crippen LogP contribution in [-0.4, -0.2) is 29.5 Å². The number of nitro groups is 1. The van der Waals surface area contributed by atoms with E-state index in [0.717, 1.165) is 11.4 Å². The van der Waals surface area contributed by atoms with E-state index in [-0.39, 0.29) is 23.7 Å². The first kappa shape index (κ1) is 16.8. The minimum Gasteiger partial charge on any atom is -0.377 e. The fraction of sp³-hybridized carbons (Fsp3) is 0.278. The van der Waals surface area contributed by atoms with Gasteiger partial charge in [-0.05, 0) is 32.0 Å². The second-order valence-corrected chi connectivity index (χ2v) is 6.74. The highest BCUT2D eigenvalue weighted by atomic mass is 16.6. The van der Waals surface area contributed by atoms with Crippen molar-refractivity contribution in [3.8, 4) is 0 Å². The highest BCUT2D eigenvalue weighted by molar-refractivity contribution is 5.95. The van der Waals surface area contributed by atoms with E-state index in [1.807, 2.05) is 29.2 Å². The molecule has 0 aliphatic carbocycles. The van der Waals surface area contributed by atoms with Crippen LogP contribution in [0.3, 0.4) is 0 Å². The molecule has 2 N–H and O–H groups in total. The average molecular weight is 340 g/mol. The smallest absolute Gasteiger partial charge is 0.271 e. The first-order valence-electron chi connectivity index (χ1n) is 8.00. The van der Waals surface area contributed by atoms with E-state index in [4.69, 9.17) is 0 Å². The maximum Gasteiger partial charge on any atom is 0.271 e. The molecular weight excluding hydrogens is 320 g/mol. The molecular formula is C18H20N4O3. The molecule has 1 heterocycles. The van der Waals surface area contributed by atoms with Crippen LogP contribution in [-0.2, 0) is 4.79 Å². The Morgan fingerprint density at radius 3 is 2.80 bits per heavy atom. The van der Waals surface area contributed by atoms with Crippen LogP contribution < -0.4 is 15.5 Å². The van der Waals surface area contributed by atoms with E-state index >= 15 is 0 Å². The van der Waals surface area contributed by atoms with Gasteiger partial charge < -0.3 is 15.5 Å². The van der Waals surface area contributed by atoms with Crippen molar-refractivity contribution >= 4 is 28.7 Å². The van der Waals surface area contributed by atoms with Crippen molar-refractivity contribution in [2.24, 2.45) is 0 Å². The molecule has 7 nitrogen and oxygen atoms in total. The Kier molecular flexibility index (Phi) is 4.31. The van der Waals surface area contributed by atoms with Crippen LogP contribution in [0.15, 0.2) is 48.5 Å². The lowest BCUT2D eigenvalue weighted by atomic mass is 9.99. The van der Waals surface area contributed by atoms with Crippen molar-refractivity contribution in [2.75, 3.05) is 28.6 Å². The number of rotatable bonds is 4. The maximum atomic E-state index is 12.4. The Morgan fingerprint density at radius 1 is 1.28 bits per heavy atom. The number of carbonyl (C=O) groups excluding carboxylic acids is 1. The predicted octanol–water partition coefficient (Wildman–Crippen LogP) is 3.24. The SMILES string of the molecule is CC1(C)CN(CC(=O)Nc2cccc([N+](=O)[O-])c2)c2ccccc2N1. The maximum absolute atomic E-state index is 12.4. The molecule has 130 valence electrons. The number of fused-ring (bicyclic) bond motifs is 1. The zero-order valence-electron chi connectivity index (χ0n) is 14.2. The summed E-state index contributed by atoms with van der Waals surface area (Å²) in [6, 6.07) is 13.8. The Labute approximate surface area is 145 Å². The summed E-state index contributed by atoms with van der Waals surface area (Å²) in [6.07, 6.45) is 0. The van der Waals surface area contributed by atoms with Gasteiger partial charge in [0, 0.05) is 29.9 Å². The van der Waals surface area contributed by atoms with Crippen molar-refractivity contribution in [1.82, 2.24) is 0 Å². The summed E-state index contributed by atoms with van der Waals surface area (Å²) in [6.45, 7) is 5.00. The minimum atomic E-state index is -0.481. The van der Waals surface area contributed by atoms with E-state index in [9.17, 15) is 14.9 Å². The van der Waals surface area contributed by atoms with Gasteiger partial charge in [0.05, 0.1) is 22.8 Å². The van der Waals surface area contributed by atoms with Crippen LogP contribution in [0.5, 0.6) is 0 Å². The molecule has 1 aliphatic heterocycles. The standard InChI is InChI=1S/C18H20N4O3/c1-18(2)12-21(16-9-4-3-8-15(16)20-18)11-17(23)19-13-6-5-7-14(10-13)22(24)25/h3-10,20H,11-12H2,1-2H3,(H,19,23). The van der Waals surface area contributed by atoms with Gasteiger partial charge in [0.25, 0.3) is 5.69 Å². The molecule has 0 atom stereocenters. The number of non-ortho nitro benzene ring substituents is 1. The number of amides is 1. The normalized spacial score (nSPS) is 15.0. The van der Waals surface area contributed by atoms with Gasteiger partial charge in [0.15, 0.2) is 0 Å². The largest absolute Gasteiger partial charge is 0.377 e. The third kappa shape index (κ3) is 3.88. The molecule has 3 rings (SSSR count). The molecule has 2 aromatic carbocycles. The molecule has 25 heavy (non-hydrogen) atoms. The van der Waals surface area contributed by atoms with Gasteiger partial charge in [-0.3, -0.25) is 14.9 Å². The van der Waals surface area contributed by atoms with Gasteiger partial charge >= 0.3 is 0 Å².